The zero-order chi connectivity index (χ0) is 14.4. The third-order valence-corrected chi connectivity index (χ3v) is 4.66. The highest BCUT2D eigenvalue weighted by molar-refractivity contribution is 9.10. The molecular formula is C16H19BrFNS. The van der Waals surface area contributed by atoms with Crippen LogP contribution in [0.1, 0.15) is 36.9 Å². The molecule has 1 nitrogen and oxygen atoms in total. The Balaban J connectivity index is 2.07. The van der Waals surface area contributed by atoms with Crippen molar-refractivity contribution >= 4 is 27.3 Å². The Kier molecular flexibility index (Phi) is 6.20. The lowest BCUT2D eigenvalue weighted by molar-refractivity contribution is 0.495. The van der Waals surface area contributed by atoms with Gasteiger partial charge in [-0.1, -0.05) is 13.0 Å². The van der Waals surface area contributed by atoms with Crippen molar-refractivity contribution in [1.82, 2.24) is 5.32 Å². The van der Waals surface area contributed by atoms with Crippen molar-refractivity contribution in [3.05, 3.63) is 56.4 Å². The van der Waals surface area contributed by atoms with Crippen LogP contribution in [0.15, 0.2) is 39.5 Å². The van der Waals surface area contributed by atoms with Gasteiger partial charge in [-0.15, -0.1) is 0 Å². The van der Waals surface area contributed by atoms with E-state index in [2.05, 4.69) is 45.0 Å². The number of benzene rings is 1. The van der Waals surface area contributed by atoms with E-state index in [1.807, 2.05) is 6.07 Å². The predicted octanol–water partition coefficient (Wildman–Crippen LogP) is 5.32. The molecule has 0 aliphatic carbocycles. The molecular weight excluding hydrogens is 337 g/mol. The van der Waals surface area contributed by atoms with Gasteiger partial charge in [0.1, 0.15) is 5.82 Å². The summed E-state index contributed by atoms with van der Waals surface area (Å²) >= 11 is 4.93. The fraction of sp³-hybridized carbons (Fsp3) is 0.375. The fourth-order valence-electron chi connectivity index (χ4n) is 2.18. The van der Waals surface area contributed by atoms with Gasteiger partial charge in [0, 0.05) is 6.04 Å². The number of aryl methyl sites for hydroxylation is 1. The van der Waals surface area contributed by atoms with E-state index >= 15 is 0 Å². The van der Waals surface area contributed by atoms with Crippen molar-refractivity contribution in [1.29, 1.82) is 0 Å². The Bertz CT molecular complexity index is 527. The van der Waals surface area contributed by atoms with Crippen LogP contribution < -0.4 is 5.32 Å². The summed E-state index contributed by atoms with van der Waals surface area (Å²) in [4.78, 5) is 0. The van der Waals surface area contributed by atoms with E-state index in [4.69, 9.17) is 0 Å². The molecule has 1 atom stereocenters. The second-order valence-corrected chi connectivity index (χ2v) is 6.48. The van der Waals surface area contributed by atoms with Crippen LogP contribution >= 0.6 is 27.3 Å². The van der Waals surface area contributed by atoms with Gasteiger partial charge in [-0.05, 0) is 81.8 Å². The number of rotatable bonds is 7. The number of thiophene rings is 1. The molecule has 108 valence electrons. The van der Waals surface area contributed by atoms with Crippen LogP contribution in [0.25, 0.3) is 0 Å². The molecule has 2 aromatic rings. The van der Waals surface area contributed by atoms with Crippen LogP contribution in [-0.2, 0) is 6.42 Å². The SMILES string of the molecule is CCCNC(CCc1ccsc1)c1ccc(Br)c(F)c1. The third-order valence-electron chi connectivity index (χ3n) is 3.29. The predicted molar refractivity (Wildman–Crippen MR) is 87.8 cm³/mol. The summed E-state index contributed by atoms with van der Waals surface area (Å²) in [5.41, 5.74) is 2.38. The van der Waals surface area contributed by atoms with Gasteiger partial charge in [0.2, 0.25) is 0 Å². The summed E-state index contributed by atoms with van der Waals surface area (Å²) in [6.45, 7) is 3.09. The van der Waals surface area contributed by atoms with Crippen LogP contribution in [-0.4, -0.2) is 6.54 Å². The van der Waals surface area contributed by atoms with Gasteiger partial charge in [0.15, 0.2) is 0 Å². The van der Waals surface area contributed by atoms with Crippen LogP contribution in [0.4, 0.5) is 4.39 Å². The summed E-state index contributed by atoms with van der Waals surface area (Å²) in [5.74, 6) is -0.193. The smallest absolute Gasteiger partial charge is 0.137 e. The molecule has 0 radical (unpaired) electrons. The minimum Gasteiger partial charge on any atom is -0.310 e. The van der Waals surface area contributed by atoms with Gasteiger partial charge in [-0.25, -0.2) is 4.39 Å². The molecule has 4 heteroatoms. The minimum absolute atomic E-state index is 0.193. The summed E-state index contributed by atoms with van der Waals surface area (Å²) in [5, 5.41) is 7.80. The summed E-state index contributed by atoms with van der Waals surface area (Å²) in [7, 11) is 0. The molecule has 20 heavy (non-hydrogen) atoms. The Morgan fingerprint density at radius 1 is 1.35 bits per heavy atom. The zero-order valence-electron chi connectivity index (χ0n) is 11.5. The van der Waals surface area contributed by atoms with Crippen LogP contribution in [0.3, 0.4) is 0 Å². The molecule has 0 aliphatic rings. The van der Waals surface area contributed by atoms with Crippen molar-refractivity contribution in [2.75, 3.05) is 6.54 Å². The topological polar surface area (TPSA) is 12.0 Å². The molecule has 1 unspecified atom stereocenters. The van der Waals surface area contributed by atoms with Gasteiger partial charge in [0.05, 0.1) is 4.47 Å². The highest BCUT2D eigenvalue weighted by atomic mass is 79.9. The Labute approximate surface area is 132 Å². The molecule has 0 saturated heterocycles. The standard InChI is InChI=1S/C16H19BrFNS/c1-2-8-19-16(6-3-12-7-9-20-11-12)13-4-5-14(17)15(18)10-13/h4-5,7,9-11,16,19H,2-3,6,8H2,1H3. The molecule has 0 fully saturated rings. The van der Waals surface area contributed by atoms with Gasteiger partial charge in [-0.2, -0.15) is 11.3 Å². The van der Waals surface area contributed by atoms with E-state index in [1.54, 1.807) is 23.5 Å². The van der Waals surface area contributed by atoms with Gasteiger partial charge in [0.25, 0.3) is 0 Å². The van der Waals surface area contributed by atoms with Crippen molar-refractivity contribution in [2.24, 2.45) is 0 Å². The first-order chi connectivity index (χ1) is 9.70. The van der Waals surface area contributed by atoms with Crippen LogP contribution in [0.5, 0.6) is 0 Å². The molecule has 2 rings (SSSR count). The Morgan fingerprint density at radius 3 is 2.85 bits per heavy atom. The second kappa shape index (κ2) is 7.91. The Hall–Kier alpha value is -0.710. The molecule has 0 aliphatic heterocycles. The van der Waals surface area contributed by atoms with E-state index in [9.17, 15) is 4.39 Å². The molecule has 1 aromatic carbocycles. The summed E-state index contributed by atoms with van der Waals surface area (Å²) < 4.78 is 14.2. The van der Waals surface area contributed by atoms with Crippen molar-refractivity contribution < 1.29 is 4.39 Å². The quantitative estimate of drug-likeness (QED) is 0.708. The molecule has 1 aromatic heterocycles. The maximum absolute atomic E-state index is 13.7. The second-order valence-electron chi connectivity index (χ2n) is 4.85. The van der Waals surface area contributed by atoms with E-state index in [1.165, 1.54) is 5.56 Å². The molecule has 0 spiro atoms. The van der Waals surface area contributed by atoms with Gasteiger partial charge < -0.3 is 5.32 Å². The van der Waals surface area contributed by atoms with E-state index in [-0.39, 0.29) is 11.9 Å². The molecule has 0 saturated carbocycles. The first-order valence-electron chi connectivity index (χ1n) is 6.90. The zero-order valence-corrected chi connectivity index (χ0v) is 13.9. The van der Waals surface area contributed by atoms with Gasteiger partial charge in [-0.3, -0.25) is 0 Å². The maximum atomic E-state index is 13.7. The summed E-state index contributed by atoms with van der Waals surface area (Å²) in [6, 6.07) is 7.77. The van der Waals surface area contributed by atoms with E-state index < -0.39 is 0 Å². The van der Waals surface area contributed by atoms with Crippen molar-refractivity contribution in [3.63, 3.8) is 0 Å². The average Bonchev–Trinajstić information content (AvgIpc) is 2.95. The van der Waals surface area contributed by atoms with E-state index in [0.29, 0.717) is 4.47 Å². The lowest BCUT2D eigenvalue weighted by atomic mass is 10.00. The van der Waals surface area contributed by atoms with Crippen molar-refractivity contribution in [2.45, 2.75) is 32.2 Å². The molecule has 0 bridgehead atoms. The fourth-order valence-corrected chi connectivity index (χ4v) is 3.13. The lowest BCUT2D eigenvalue weighted by Gasteiger charge is -2.19. The highest BCUT2D eigenvalue weighted by Crippen LogP contribution is 2.24. The third kappa shape index (κ3) is 4.40. The number of nitrogens with one attached hydrogen (secondary N) is 1. The molecule has 1 heterocycles. The minimum atomic E-state index is -0.193. The van der Waals surface area contributed by atoms with E-state index in [0.717, 1.165) is 31.4 Å². The number of hydrogen-bond acceptors (Lipinski definition) is 2. The first-order valence-corrected chi connectivity index (χ1v) is 8.63. The molecule has 0 amide bonds. The van der Waals surface area contributed by atoms with Crippen LogP contribution in [0.2, 0.25) is 0 Å². The largest absolute Gasteiger partial charge is 0.310 e. The van der Waals surface area contributed by atoms with Crippen molar-refractivity contribution in [3.8, 4) is 0 Å². The first kappa shape index (κ1) is 15.7. The lowest BCUT2D eigenvalue weighted by Crippen LogP contribution is -2.22. The monoisotopic (exact) mass is 355 g/mol. The maximum Gasteiger partial charge on any atom is 0.137 e. The number of hydrogen-bond donors (Lipinski definition) is 1. The highest BCUT2D eigenvalue weighted by Gasteiger charge is 2.13. The Morgan fingerprint density at radius 2 is 2.20 bits per heavy atom. The average molecular weight is 356 g/mol. The summed E-state index contributed by atoms with van der Waals surface area (Å²) in [6.07, 6.45) is 3.08. The number of halogens is 2. The normalized spacial score (nSPS) is 12.6. The van der Waals surface area contributed by atoms with Gasteiger partial charge >= 0.3 is 0 Å². The van der Waals surface area contributed by atoms with Crippen LogP contribution in [0, 0.1) is 5.82 Å². The molecule has 1 N–H and O–H groups in total.